The first kappa shape index (κ1) is 21.9. The number of carbonyl (C=O) groups is 1. The van der Waals surface area contributed by atoms with Crippen molar-refractivity contribution in [2.24, 2.45) is 0 Å². The second-order valence-electron chi connectivity index (χ2n) is 6.59. The van der Waals surface area contributed by atoms with E-state index in [1.54, 1.807) is 0 Å². The molecule has 30 heavy (non-hydrogen) atoms. The van der Waals surface area contributed by atoms with E-state index in [2.05, 4.69) is 0 Å². The van der Waals surface area contributed by atoms with Crippen LogP contribution < -0.4 is 4.72 Å². The van der Waals surface area contributed by atoms with Gasteiger partial charge in [-0.15, -0.1) is 0 Å². The first-order valence-electron chi connectivity index (χ1n) is 8.45. The molecule has 0 saturated carbocycles. The molecule has 0 fully saturated rings. The Labute approximate surface area is 167 Å². The molecule has 0 spiro atoms. The van der Waals surface area contributed by atoms with Gasteiger partial charge in [-0.05, 0) is 47.9 Å². The Morgan fingerprint density at radius 2 is 1.60 bits per heavy atom. The Bertz CT molecular complexity index is 1060. The van der Waals surface area contributed by atoms with Gasteiger partial charge in [0.15, 0.2) is 0 Å². The molecule has 1 aliphatic heterocycles. The Morgan fingerprint density at radius 3 is 2.17 bits per heavy atom. The van der Waals surface area contributed by atoms with Gasteiger partial charge >= 0.3 is 21.7 Å². The summed E-state index contributed by atoms with van der Waals surface area (Å²) in [6.07, 6.45) is -4.29. The molecule has 2 aromatic rings. The van der Waals surface area contributed by atoms with Gasteiger partial charge in [-0.2, -0.15) is 34.8 Å². The molecule has 0 atom stereocenters. The zero-order chi connectivity index (χ0) is 22.3. The van der Waals surface area contributed by atoms with Crippen molar-refractivity contribution in [3.63, 3.8) is 0 Å². The number of alkyl halides is 6. The third kappa shape index (κ3) is 4.53. The first-order chi connectivity index (χ1) is 13.8. The minimum atomic E-state index is -5.54. The summed E-state index contributed by atoms with van der Waals surface area (Å²) in [6.45, 7) is 0.223. The van der Waals surface area contributed by atoms with Crippen LogP contribution in [0, 0.1) is 0 Å². The summed E-state index contributed by atoms with van der Waals surface area (Å²) in [5.41, 5.74) is -5.63. The average Bonchev–Trinajstić information content (AvgIpc) is 2.63. The van der Waals surface area contributed by atoms with Gasteiger partial charge in [0.2, 0.25) is 0 Å². The lowest BCUT2D eigenvalue weighted by Crippen LogP contribution is -2.37. The molecule has 0 radical (unpaired) electrons. The highest BCUT2D eigenvalue weighted by molar-refractivity contribution is 7.93. The molecule has 0 saturated heterocycles. The highest BCUT2D eigenvalue weighted by Gasteiger charge is 2.46. The van der Waals surface area contributed by atoms with Crippen LogP contribution in [-0.4, -0.2) is 31.3 Å². The summed E-state index contributed by atoms with van der Waals surface area (Å²) in [5, 5.41) is 0. The van der Waals surface area contributed by atoms with Gasteiger partial charge < -0.3 is 4.90 Å². The predicted molar refractivity (Wildman–Crippen MR) is 94.9 cm³/mol. The second kappa shape index (κ2) is 7.49. The van der Waals surface area contributed by atoms with E-state index in [0.29, 0.717) is 11.1 Å². The number of anilines is 1. The third-order valence-corrected chi connectivity index (χ3v) is 5.60. The zero-order valence-corrected chi connectivity index (χ0v) is 15.8. The topological polar surface area (TPSA) is 66.5 Å². The Balaban J connectivity index is 1.71. The molecular formula is C18H14F6N2O3S. The quantitative estimate of drug-likeness (QED) is 0.709. The molecule has 1 N–H and O–H groups in total. The van der Waals surface area contributed by atoms with E-state index in [-0.39, 0.29) is 30.8 Å². The van der Waals surface area contributed by atoms with Crippen LogP contribution in [-0.2, 0) is 29.2 Å². The molecule has 2 aromatic carbocycles. The van der Waals surface area contributed by atoms with Gasteiger partial charge in [0.1, 0.15) is 0 Å². The lowest BCUT2D eigenvalue weighted by molar-refractivity contribution is -0.137. The molecule has 12 heteroatoms. The van der Waals surface area contributed by atoms with Crippen molar-refractivity contribution in [3.05, 3.63) is 64.7 Å². The van der Waals surface area contributed by atoms with E-state index < -0.39 is 33.2 Å². The van der Waals surface area contributed by atoms with E-state index in [1.807, 2.05) is 0 Å². The van der Waals surface area contributed by atoms with E-state index >= 15 is 0 Å². The maximum absolute atomic E-state index is 12.8. The standard InChI is InChI=1S/C18H14F6N2O3S/c19-17(20,21)13-3-6-15-12(9-13)7-8-26(16(15)27)10-11-1-4-14(5-2-11)25-30(28,29)18(22,23)24/h1-6,9,25H,7-8,10H2. The smallest absolute Gasteiger partial charge is 0.334 e. The van der Waals surface area contributed by atoms with Crippen LogP contribution in [0.25, 0.3) is 0 Å². The average molecular weight is 452 g/mol. The molecule has 5 nitrogen and oxygen atoms in total. The van der Waals surface area contributed by atoms with Gasteiger partial charge in [-0.25, -0.2) is 0 Å². The van der Waals surface area contributed by atoms with Crippen molar-refractivity contribution in [2.45, 2.75) is 24.7 Å². The molecule has 1 heterocycles. The van der Waals surface area contributed by atoms with Gasteiger partial charge in [0.25, 0.3) is 5.91 Å². The molecule has 162 valence electrons. The number of hydrogen-bond donors (Lipinski definition) is 1. The SMILES string of the molecule is O=C1c2ccc(C(F)(F)F)cc2CCN1Cc1ccc(NS(=O)(=O)C(F)(F)F)cc1. The lowest BCUT2D eigenvalue weighted by Gasteiger charge is -2.29. The van der Waals surface area contributed by atoms with E-state index in [4.69, 9.17) is 0 Å². The van der Waals surface area contributed by atoms with Gasteiger partial charge in [-0.3, -0.25) is 9.52 Å². The van der Waals surface area contributed by atoms with Crippen molar-refractivity contribution in [3.8, 4) is 0 Å². The Kier molecular flexibility index (Phi) is 5.48. The maximum Gasteiger partial charge on any atom is 0.516 e. The van der Waals surface area contributed by atoms with E-state index in [9.17, 15) is 39.6 Å². The molecule has 0 aromatic heterocycles. The van der Waals surface area contributed by atoms with E-state index in [1.165, 1.54) is 21.8 Å². The molecule has 1 aliphatic rings. The highest BCUT2D eigenvalue weighted by atomic mass is 32.2. The van der Waals surface area contributed by atoms with E-state index in [0.717, 1.165) is 30.3 Å². The number of fused-ring (bicyclic) bond motifs is 1. The third-order valence-electron chi connectivity index (χ3n) is 4.49. The molecule has 1 amide bonds. The minimum absolute atomic E-state index is 0.0611. The summed E-state index contributed by atoms with van der Waals surface area (Å²) in [7, 11) is -5.54. The fraction of sp³-hybridized carbons (Fsp3) is 0.278. The van der Waals surface area contributed by atoms with Crippen LogP contribution in [0.2, 0.25) is 0 Å². The van der Waals surface area contributed by atoms with Crippen LogP contribution in [0.1, 0.15) is 27.0 Å². The lowest BCUT2D eigenvalue weighted by atomic mass is 9.96. The number of amides is 1. The molecule has 0 aliphatic carbocycles. The van der Waals surface area contributed by atoms with Crippen molar-refractivity contribution in [2.75, 3.05) is 11.3 Å². The second-order valence-corrected chi connectivity index (χ2v) is 8.27. The van der Waals surface area contributed by atoms with Crippen LogP contribution in [0.3, 0.4) is 0 Å². The summed E-state index contributed by atoms with van der Waals surface area (Å²) in [4.78, 5) is 14.0. The number of benzene rings is 2. The largest absolute Gasteiger partial charge is 0.516 e. The maximum atomic E-state index is 12.8. The van der Waals surface area contributed by atoms with Crippen LogP contribution in [0.15, 0.2) is 42.5 Å². The number of rotatable bonds is 4. The van der Waals surface area contributed by atoms with Gasteiger partial charge in [-0.1, -0.05) is 12.1 Å². The first-order valence-corrected chi connectivity index (χ1v) is 9.94. The Morgan fingerprint density at radius 1 is 0.967 bits per heavy atom. The summed E-state index contributed by atoms with van der Waals surface area (Å²) in [5.74, 6) is -0.466. The van der Waals surface area contributed by atoms with Crippen molar-refractivity contribution in [1.29, 1.82) is 0 Å². The van der Waals surface area contributed by atoms with Crippen LogP contribution in [0.5, 0.6) is 0 Å². The van der Waals surface area contributed by atoms with Crippen LogP contribution >= 0.6 is 0 Å². The molecule has 0 unspecified atom stereocenters. The van der Waals surface area contributed by atoms with Crippen molar-refractivity contribution >= 4 is 21.6 Å². The van der Waals surface area contributed by atoms with Crippen LogP contribution in [0.4, 0.5) is 32.0 Å². The summed E-state index contributed by atoms with van der Waals surface area (Å²) >= 11 is 0. The highest BCUT2D eigenvalue weighted by Crippen LogP contribution is 2.32. The van der Waals surface area contributed by atoms with Crippen molar-refractivity contribution < 1.29 is 39.6 Å². The predicted octanol–water partition coefficient (Wildman–Crippen LogP) is 4.17. The number of nitrogens with one attached hydrogen (secondary N) is 1. The minimum Gasteiger partial charge on any atom is -0.334 e. The number of carbonyl (C=O) groups excluding carboxylic acids is 1. The summed E-state index contributed by atoms with van der Waals surface area (Å²) in [6, 6.07) is 7.86. The number of halogens is 6. The summed E-state index contributed by atoms with van der Waals surface area (Å²) < 4.78 is 99.3. The number of hydrogen-bond acceptors (Lipinski definition) is 3. The zero-order valence-electron chi connectivity index (χ0n) is 15.0. The number of nitrogens with zero attached hydrogens (tertiary/aromatic N) is 1. The number of sulfonamides is 1. The Hall–Kier alpha value is -2.76. The fourth-order valence-corrected chi connectivity index (χ4v) is 3.54. The molecular weight excluding hydrogens is 438 g/mol. The monoisotopic (exact) mass is 452 g/mol. The van der Waals surface area contributed by atoms with Gasteiger partial charge in [0.05, 0.1) is 5.56 Å². The van der Waals surface area contributed by atoms with Crippen molar-refractivity contribution in [1.82, 2.24) is 4.90 Å². The van der Waals surface area contributed by atoms with Gasteiger partial charge in [0, 0.05) is 24.3 Å². The fourth-order valence-electron chi connectivity index (χ4n) is 2.98. The molecule has 3 rings (SSSR count). The normalized spacial score (nSPS) is 15.1. The molecule has 0 bridgehead atoms.